The van der Waals surface area contributed by atoms with E-state index in [1.165, 1.54) is 5.56 Å². The van der Waals surface area contributed by atoms with Crippen molar-refractivity contribution in [1.29, 1.82) is 0 Å². The summed E-state index contributed by atoms with van der Waals surface area (Å²) in [7, 11) is 0. The van der Waals surface area contributed by atoms with Crippen LogP contribution in [-0.4, -0.2) is 23.2 Å². The Labute approximate surface area is 303 Å². The van der Waals surface area contributed by atoms with E-state index in [4.69, 9.17) is 13.8 Å². The fourth-order valence-corrected chi connectivity index (χ4v) is 7.16. The van der Waals surface area contributed by atoms with Crippen LogP contribution in [0.4, 0.5) is 17.1 Å². The first-order valence-corrected chi connectivity index (χ1v) is 16.4. The van der Waals surface area contributed by atoms with Crippen LogP contribution in [-0.2, 0) is 31.9 Å². The standard InChI is InChI=1S/C42H43N4O.Pt/c1-27-18-38-39(19-28(27)2)46(25-45(38,9)26-46)31-20-30(42(6,7)8)21-33(23-31)47-32-14-15-35-34-12-10-11-13-36(34)44(37(35)24-32)40-22-29(16-17-43-40)41(3,4)5;/h10-22,25H,26H2,1-9H3;/q-1;/t45-,46+;/m0./s1/i9D3;. The maximum atomic E-state index is 8.55. The van der Waals surface area contributed by atoms with Gasteiger partial charge in [-0.2, -0.15) is 6.07 Å². The molecule has 0 saturated carbocycles. The summed E-state index contributed by atoms with van der Waals surface area (Å²) in [6, 6.07) is 32.3. The molecule has 0 aliphatic carbocycles. The molecule has 2 aromatic heterocycles. The quantitative estimate of drug-likeness (QED) is 0.131. The van der Waals surface area contributed by atoms with Crippen LogP contribution in [0.25, 0.3) is 27.6 Å². The maximum Gasteiger partial charge on any atom is 0.179 e. The number of fused-ring (bicyclic) bond motifs is 3. The molecular formula is C42H43N4OPt-. The first-order chi connectivity index (χ1) is 23.4. The molecule has 2 atom stereocenters. The van der Waals surface area contributed by atoms with Gasteiger partial charge in [0.25, 0.3) is 0 Å². The van der Waals surface area contributed by atoms with Crippen LogP contribution in [0.15, 0.2) is 79.0 Å². The van der Waals surface area contributed by atoms with Crippen LogP contribution in [0.1, 0.15) is 67.9 Å². The Morgan fingerprint density at radius 3 is 2.23 bits per heavy atom. The van der Waals surface area contributed by atoms with Crippen LogP contribution >= 0.6 is 0 Å². The topological polar surface area (TPSA) is 27.1 Å². The summed E-state index contributed by atoms with van der Waals surface area (Å²) in [6.45, 7) is 17.4. The molecule has 6 heteroatoms. The van der Waals surface area contributed by atoms with Gasteiger partial charge in [0.15, 0.2) is 18.0 Å². The largest absolute Gasteiger partial charge is 0.509 e. The van der Waals surface area contributed by atoms with E-state index in [2.05, 4.69) is 126 Å². The average Bonchev–Trinajstić information content (AvgIpc) is 3.60. The van der Waals surface area contributed by atoms with Gasteiger partial charge in [0, 0.05) is 62.1 Å². The zero-order chi connectivity index (χ0) is 35.6. The third kappa shape index (κ3) is 4.97. The monoisotopic (exact) mass is 817 g/mol. The molecule has 9 rings (SSSR count). The summed E-state index contributed by atoms with van der Waals surface area (Å²) in [5.74, 6) is 1.96. The zero-order valence-corrected chi connectivity index (χ0v) is 31.1. The second-order valence-corrected chi connectivity index (χ2v) is 15.5. The molecule has 3 aliphatic rings. The van der Waals surface area contributed by atoms with Crippen LogP contribution < -0.4 is 13.7 Å². The summed E-state index contributed by atoms with van der Waals surface area (Å²) in [4.78, 5) is 4.82. The van der Waals surface area contributed by atoms with Gasteiger partial charge >= 0.3 is 0 Å². The molecule has 1 saturated heterocycles. The molecule has 248 valence electrons. The second kappa shape index (κ2) is 10.9. The van der Waals surface area contributed by atoms with Gasteiger partial charge in [-0.1, -0.05) is 71.3 Å². The number of hydrogen-bond donors (Lipinski definition) is 0. The van der Waals surface area contributed by atoms with Gasteiger partial charge in [-0.15, -0.1) is 35.2 Å². The van der Waals surface area contributed by atoms with Crippen molar-refractivity contribution in [1.82, 2.24) is 18.5 Å². The third-order valence-electron chi connectivity index (χ3n) is 10.0. The first-order valence-electron chi connectivity index (χ1n) is 17.9. The predicted octanol–water partition coefficient (Wildman–Crippen LogP) is 10.5. The van der Waals surface area contributed by atoms with E-state index in [1.54, 1.807) is 0 Å². The molecule has 5 nitrogen and oxygen atoms in total. The fraction of sp³-hybridized carbons (Fsp3) is 0.286. The summed E-state index contributed by atoms with van der Waals surface area (Å²) in [5, 5.41) is 2.19. The number of aromatic nitrogens is 2. The Morgan fingerprint density at radius 1 is 0.812 bits per heavy atom. The van der Waals surface area contributed by atoms with Crippen molar-refractivity contribution in [2.24, 2.45) is 0 Å². The number of aryl methyl sites for hydroxylation is 2. The van der Waals surface area contributed by atoms with E-state index in [0.717, 1.165) is 61.4 Å². The van der Waals surface area contributed by atoms with Gasteiger partial charge in [0.2, 0.25) is 0 Å². The number of benzene rings is 4. The van der Waals surface area contributed by atoms with Gasteiger partial charge in [-0.05, 0) is 65.0 Å². The van der Waals surface area contributed by atoms with Gasteiger partial charge in [-0.25, -0.2) is 4.98 Å². The van der Waals surface area contributed by atoms with Crippen molar-refractivity contribution >= 4 is 38.9 Å². The first kappa shape index (κ1) is 29.2. The molecule has 0 radical (unpaired) electrons. The molecule has 0 N–H and O–H groups in total. The molecular weight excluding hydrogens is 772 g/mol. The molecule has 3 aliphatic heterocycles. The van der Waals surface area contributed by atoms with Gasteiger partial charge in [0.05, 0.1) is 17.8 Å². The fourth-order valence-electron chi connectivity index (χ4n) is 7.16. The second-order valence-electron chi connectivity index (χ2n) is 15.5. The minimum absolute atomic E-state index is 0. The zero-order valence-electron chi connectivity index (χ0n) is 31.8. The molecule has 0 amide bonds. The van der Waals surface area contributed by atoms with Crippen molar-refractivity contribution in [2.45, 2.75) is 66.2 Å². The number of pyridine rings is 1. The number of rotatable bonds is 4. The Bertz CT molecular complexity index is 2360. The van der Waals surface area contributed by atoms with Crippen LogP contribution in [0.5, 0.6) is 11.5 Å². The van der Waals surface area contributed by atoms with Crippen LogP contribution in [0.2, 0.25) is 0 Å². The van der Waals surface area contributed by atoms with Gasteiger partial charge in [-0.3, -0.25) is 0 Å². The SMILES string of the molecule is [2H]C([2H])([2H])[N@+]12[CH-][N@+](c3[c-]c(Oc4[c-]c5c(cc4)c4ccccc4n5-c4cc(C(C)(C)C)ccn4)cc(C(C)(C)C)c3)(C1)c1cc(C)c(C)cc12.[Pt]. The summed E-state index contributed by atoms with van der Waals surface area (Å²) < 4.78 is 34.7. The third-order valence-corrected chi connectivity index (χ3v) is 10.0. The molecule has 5 heterocycles. The van der Waals surface area contributed by atoms with Crippen LogP contribution in [0.3, 0.4) is 0 Å². The van der Waals surface area contributed by atoms with Crippen LogP contribution in [0, 0.1) is 32.6 Å². The number of nitrogens with zero attached hydrogens (tertiary/aromatic N) is 4. The van der Waals surface area contributed by atoms with Gasteiger partial charge < -0.3 is 18.3 Å². The van der Waals surface area contributed by atoms with E-state index >= 15 is 0 Å². The van der Waals surface area contributed by atoms with E-state index in [-0.39, 0.29) is 36.4 Å². The minimum atomic E-state index is -2.22. The Morgan fingerprint density at radius 2 is 1.52 bits per heavy atom. The maximum absolute atomic E-state index is 8.55. The van der Waals surface area contributed by atoms with E-state index in [0.29, 0.717) is 22.7 Å². The number of hydrogen-bond acceptors (Lipinski definition) is 2. The summed E-state index contributed by atoms with van der Waals surface area (Å²) in [5.41, 5.74) is 8.90. The normalized spacial score (nSPS) is 21.2. The molecule has 48 heavy (non-hydrogen) atoms. The van der Waals surface area contributed by atoms with Crippen molar-refractivity contribution in [3.8, 4) is 17.3 Å². The molecule has 0 spiro atoms. The number of quaternary nitrogens is 2. The molecule has 4 aromatic carbocycles. The predicted molar refractivity (Wildman–Crippen MR) is 194 cm³/mol. The summed E-state index contributed by atoms with van der Waals surface area (Å²) >= 11 is 0. The molecule has 1 fully saturated rings. The number of para-hydroxylation sites is 1. The average molecular weight is 818 g/mol. The Balaban J connectivity index is 0.00000406. The van der Waals surface area contributed by atoms with Crippen molar-refractivity contribution < 1.29 is 29.9 Å². The Hall–Kier alpha value is -3.76. The van der Waals surface area contributed by atoms with Crippen molar-refractivity contribution in [2.75, 3.05) is 13.6 Å². The van der Waals surface area contributed by atoms with E-state index < -0.39 is 6.98 Å². The molecule has 0 unspecified atom stereocenters. The smallest absolute Gasteiger partial charge is 0.179 e. The minimum Gasteiger partial charge on any atom is -0.509 e. The van der Waals surface area contributed by atoms with Gasteiger partial charge in [0.1, 0.15) is 5.82 Å². The number of ether oxygens (including phenoxy) is 1. The van der Waals surface area contributed by atoms with E-state index in [9.17, 15) is 0 Å². The van der Waals surface area contributed by atoms with Crippen molar-refractivity contribution in [3.63, 3.8) is 0 Å². The van der Waals surface area contributed by atoms with E-state index in [1.807, 2.05) is 31.9 Å². The molecule has 6 aromatic rings. The molecule has 2 bridgehead atoms. The summed E-state index contributed by atoms with van der Waals surface area (Å²) in [6.07, 6.45) is 1.88. The Kier molecular flexibility index (Phi) is 6.61. The van der Waals surface area contributed by atoms with Crippen molar-refractivity contribution in [3.05, 3.63) is 120 Å².